The summed E-state index contributed by atoms with van der Waals surface area (Å²) >= 11 is 0. The molecule has 1 aromatic heterocycles. The minimum atomic E-state index is -0.321. The highest BCUT2D eigenvalue weighted by atomic mass is 16.5. The summed E-state index contributed by atoms with van der Waals surface area (Å²) in [4.78, 5) is 34.3. The second-order valence-corrected chi connectivity index (χ2v) is 7.03. The number of anilines is 4. The molecule has 2 aromatic rings. The number of hydrogen-bond donors (Lipinski definition) is 3. The first-order valence-electron chi connectivity index (χ1n) is 10.0. The van der Waals surface area contributed by atoms with E-state index in [2.05, 4.69) is 32.5 Å². The number of benzene rings is 1. The predicted molar refractivity (Wildman–Crippen MR) is 125 cm³/mol. The van der Waals surface area contributed by atoms with Crippen LogP contribution in [0.3, 0.4) is 0 Å². The number of nitrogens with zero attached hydrogens (tertiary/aromatic N) is 3. The Hall–Kier alpha value is -4.14. The van der Waals surface area contributed by atoms with Gasteiger partial charge in [-0.05, 0) is 44.1 Å². The number of hydrogen-bond acceptors (Lipinski definition) is 6. The lowest BCUT2D eigenvalue weighted by atomic mass is 10.0. The highest BCUT2D eigenvalue weighted by Crippen LogP contribution is 2.26. The fourth-order valence-corrected chi connectivity index (χ4v) is 3.17. The van der Waals surface area contributed by atoms with Crippen molar-refractivity contribution in [2.75, 3.05) is 29.7 Å². The summed E-state index contributed by atoms with van der Waals surface area (Å²) in [5.74, 6) is 1.32. The molecule has 0 fully saturated rings. The van der Waals surface area contributed by atoms with Crippen molar-refractivity contribution >= 4 is 34.9 Å². The highest BCUT2D eigenvalue weighted by molar-refractivity contribution is 6.01. The third-order valence-electron chi connectivity index (χ3n) is 4.96. The number of nitrogens with one attached hydrogen (secondary N) is 3. The summed E-state index contributed by atoms with van der Waals surface area (Å²) in [6.45, 7) is 5.38. The second kappa shape index (κ2) is 10.3. The Bertz CT molecular complexity index is 1090. The van der Waals surface area contributed by atoms with Crippen LogP contribution < -0.4 is 20.9 Å². The first kappa shape index (κ1) is 22.5. The van der Waals surface area contributed by atoms with Gasteiger partial charge >= 0.3 is 6.03 Å². The molecule has 1 aliphatic carbocycles. The average molecular weight is 435 g/mol. The number of urea groups is 1. The molecule has 0 aliphatic heterocycles. The summed E-state index contributed by atoms with van der Waals surface area (Å²) in [5, 5.41) is 8.83. The van der Waals surface area contributed by atoms with Crippen molar-refractivity contribution in [1.29, 1.82) is 0 Å². The molecule has 1 heterocycles. The number of para-hydroxylation sites is 2. The largest absolute Gasteiger partial charge is 0.497 e. The third-order valence-corrected chi connectivity index (χ3v) is 4.96. The van der Waals surface area contributed by atoms with Crippen LogP contribution in [0, 0.1) is 0 Å². The SMILES string of the molecule is C=CC(=O)Nc1ccccc1Nc1cc(N(C)C(=O)NC2=C(C)C(OC)=CCC2)ncn1. The monoisotopic (exact) mass is 434 g/mol. The Morgan fingerprint density at radius 1 is 1.19 bits per heavy atom. The molecule has 0 radical (unpaired) electrons. The van der Waals surface area contributed by atoms with Crippen LogP contribution in [0.5, 0.6) is 0 Å². The lowest BCUT2D eigenvalue weighted by molar-refractivity contribution is -0.111. The van der Waals surface area contributed by atoms with Gasteiger partial charge in [-0.1, -0.05) is 18.7 Å². The smallest absolute Gasteiger partial charge is 0.326 e. The Balaban J connectivity index is 1.75. The lowest BCUT2D eigenvalue weighted by Crippen LogP contribution is -2.38. The molecule has 3 rings (SSSR count). The zero-order valence-corrected chi connectivity index (χ0v) is 18.3. The van der Waals surface area contributed by atoms with Gasteiger partial charge in [-0.25, -0.2) is 14.8 Å². The molecule has 1 aromatic carbocycles. The number of rotatable bonds is 7. The standard InChI is InChI=1S/C23H26N6O3/c1-5-22(30)27-18-10-7-6-9-17(18)26-20-13-21(25-14-24-20)29(3)23(31)28-16-11-8-12-19(32-4)15(16)2/h5-7,9-10,12-14H,1,8,11H2,2-4H3,(H,27,30)(H,28,31)(H,24,25,26). The van der Waals surface area contributed by atoms with Crippen molar-refractivity contribution in [1.82, 2.24) is 15.3 Å². The van der Waals surface area contributed by atoms with E-state index in [9.17, 15) is 9.59 Å². The first-order valence-corrected chi connectivity index (χ1v) is 10.0. The van der Waals surface area contributed by atoms with Gasteiger partial charge in [0.05, 0.1) is 18.5 Å². The fraction of sp³-hybridized carbons (Fsp3) is 0.217. The van der Waals surface area contributed by atoms with Crippen LogP contribution >= 0.6 is 0 Å². The third kappa shape index (κ3) is 5.31. The van der Waals surface area contributed by atoms with E-state index in [1.165, 1.54) is 17.3 Å². The number of methoxy groups -OCH3 is 1. The number of ether oxygens (including phenoxy) is 1. The summed E-state index contributed by atoms with van der Waals surface area (Å²) in [6, 6.07) is 8.52. The average Bonchev–Trinajstić information content (AvgIpc) is 2.81. The van der Waals surface area contributed by atoms with Crippen molar-refractivity contribution in [3.63, 3.8) is 0 Å². The Morgan fingerprint density at radius 2 is 1.94 bits per heavy atom. The Kier molecular flexibility index (Phi) is 7.22. The van der Waals surface area contributed by atoms with Gasteiger partial charge in [0.1, 0.15) is 23.7 Å². The summed E-state index contributed by atoms with van der Waals surface area (Å²) in [7, 11) is 3.24. The van der Waals surface area contributed by atoms with Gasteiger partial charge in [0.25, 0.3) is 0 Å². The van der Waals surface area contributed by atoms with Crippen LogP contribution in [0.25, 0.3) is 0 Å². The Labute approximate surface area is 186 Å². The van der Waals surface area contributed by atoms with Crippen LogP contribution in [0.15, 0.2) is 72.4 Å². The molecule has 0 spiro atoms. The van der Waals surface area contributed by atoms with Gasteiger partial charge in [0.2, 0.25) is 5.91 Å². The topological polar surface area (TPSA) is 108 Å². The van der Waals surface area contributed by atoms with Crippen LogP contribution in [0.4, 0.5) is 27.8 Å². The summed E-state index contributed by atoms with van der Waals surface area (Å²) in [5.41, 5.74) is 2.94. The molecule has 9 nitrogen and oxygen atoms in total. The van der Waals surface area contributed by atoms with E-state index in [-0.39, 0.29) is 11.9 Å². The van der Waals surface area contributed by atoms with E-state index in [1.54, 1.807) is 38.4 Å². The van der Waals surface area contributed by atoms with Crippen molar-refractivity contribution in [2.24, 2.45) is 0 Å². The molecule has 3 N–H and O–H groups in total. The minimum Gasteiger partial charge on any atom is -0.497 e. The van der Waals surface area contributed by atoms with Gasteiger partial charge in [0.15, 0.2) is 0 Å². The number of aromatic nitrogens is 2. The van der Waals surface area contributed by atoms with Gasteiger partial charge in [-0.15, -0.1) is 0 Å². The molecule has 9 heteroatoms. The van der Waals surface area contributed by atoms with E-state index in [0.717, 1.165) is 29.9 Å². The maximum atomic E-state index is 12.8. The van der Waals surface area contributed by atoms with Gasteiger partial charge < -0.3 is 20.7 Å². The maximum absolute atomic E-state index is 12.8. The normalized spacial score (nSPS) is 13.0. The molecule has 1 aliphatic rings. The zero-order valence-electron chi connectivity index (χ0n) is 18.3. The predicted octanol–water partition coefficient (Wildman–Crippen LogP) is 4.09. The molecule has 0 atom stereocenters. The highest BCUT2D eigenvalue weighted by Gasteiger charge is 2.19. The summed E-state index contributed by atoms with van der Waals surface area (Å²) < 4.78 is 5.35. The molecule has 32 heavy (non-hydrogen) atoms. The van der Waals surface area contributed by atoms with Crippen LogP contribution in [-0.4, -0.2) is 36.1 Å². The van der Waals surface area contributed by atoms with E-state index in [4.69, 9.17) is 4.74 Å². The lowest BCUT2D eigenvalue weighted by Gasteiger charge is -2.22. The number of carbonyl (C=O) groups is 2. The maximum Gasteiger partial charge on any atom is 0.326 e. The van der Waals surface area contributed by atoms with Gasteiger partial charge in [-0.3, -0.25) is 9.69 Å². The molecule has 0 saturated heterocycles. The summed E-state index contributed by atoms with van der Waals surface area (Å²) in [6.07, 6.45) is 6.09. The van der Waals surface area contributed by atoms with Crippen molar-refractivity contribution < 1.29 is 14.3 Å². The van der Waals surface area contributed by atoms with Crippen molar-refractivity contribution in [2.45, 2.75) is 19.8 Å². The molecule has 3 amide bonds. The fourth-order valence-electron chi connectivity index (χ4n) is 3.17. The molecule has 166 valence electrons. The van der Waals surface area contributed by atoms with Crippen LogP contribution in [0.1, 0.15) is 19.8 Å². The van der Waals surface area contributed by atoms with Crippen molar-refractivity contribution in [3.05, 3.63) is 72.4 Å². The Morgan fingerprint density at radius 3 is 2.66 bits per heavy atom. The molecular weight excluding hydrogens is 408 g/mol. The van der Waals surface area contributed by atoms with Gasteiger partial charge in [0, 0.05) is 24.4 Å². The van der Waals surface area contributed by atoms with Gasteiger partial charge in [-0.2, -0.15) is 0 Å². The number of carbonyl (C=O) groups excluding carboxylic acids is 2. The number of amides is 3. The first-order chi connectivity index (χ1) is 15.4. The number of allylic oxidation sites excluding steroid dienone is 3. The van der Waals surface area contributed by atoms with E-state index < -0.39 is 0 Å². The zero-order chi connectivity index (χ0) is 23.1. The van der Waals surface area contributed by atoms with E-state index in [1.807, 2.05) is 19.1 Å². The molecule has 0 bridgehead atoms. The molecular formula is C23H26N6O3. The van der Waals surface area contributed by atoms with Crippen LogP contribution in [0.2, 0.25) is 0 Å². The molecule has 0 saturated carbocycles. The van der Waals surface area contributed by atoms with E-state index in [0.29, 0.717) is 23.0 Å². The minimum absolute atomic E-state index is 0.319. The second-order valence-electron chi connectivity index (χ2n) is 7.03. The molecule has 0 unspecified atom stereocenters. The van der Waals surface area contributed by atoms with Crippen LogP contribution in [-0.2, 0) is 9.53 Å². The van der Waals surface area contributed by atoms with Crippen molar-refractivity contribution in [3.8, 4) is 0 Å². The van der Waals surface area contributed by atoms with E-state index >= 15 is 0 Å². The quantitative estimate of drug-likeness (QED) is 0.567.